The average molecular weight is 370 g/mol. The number of benzene rings is 2. The third-order valence-corrected chi connectivity index (χ3v) is 4.47. The highest BCUT2D eigenvalue weighted by Gasteiger charge is 2.17. The molecule has 134 valence electrons. The lowest BCUT2D eigenvalue weighted by molar-refractivity contribution is 0.0527. The number of hydrogen-bond donors (Lipinski definition) is 1. The molecule has 2 aromatic carbocycles. The molecule has 0 fully saturated rings. The van der Waals surface area contributed by atoms with E-state index in [9.17, 15) is 4.79 Å². The summed E-state index contributed by atoms with van der Waals surface area (Å²) < 4.78 is 6.77. The Morgan fingerprint density at radius 2 is 1.85 bits per heavy atom. The second-order valence-electron chi connectivity index (χ2n) is 5.73. The number of aryl methyl sites for hydroxylation is 1. The van der Waals surface area contributed by atoms with Gasteiger partial charge in [-0.1, -0.05) is 54.1 Å². The number of halogens is 1. The summed E-state index contributed by atoms with van der Waals surface area (Å²) in [6.07, 6.45) is 0. The van der Waals surface area contributed by atoms with E-state index in [0.29, 0.717) is 29.6 Å². The summed E-state index contributed by atoms with van der Waals surface area (Å²) in [7, 11) is 1.81. The Morgan fingerprint density at radius 3 is 2.58 bits per heavy atom. The number of nitrogens with one attached hydrogen (secondary N) is 1. The molecule has 1 aromatic heterocycles. The predicted octanol–water partition coefficient (Wildman–Crippen LogP) is 4.53. The molecule has 0 saturated heterocycles. The van der Waals surface area contributed by atoms with Crippen LogP contribution in [0, 0.1) is 0 Å². The van der Waals surface area contributed by atoms with E-state index in [2.05, 4.69) is 10.4 Å². The zero-order valence-electron chi connectivity index (χ0n) is 14.7. The molecule has 5 nitrogen and oxygen atoms in total. The molecule has 0 spiro atoms. The Bertz CT molecular complexity index is 907. The summed E-state index contributed by atoms with van der Waals surface area (Å²) in [4.78, 5) is 12.1. The maximum absolute atomic E-state index is 12.1. The first-order valence-electron chi connectivity index (χ1n) is 8.38. The monoisotopic (exact) mass is 369 g/mol. The number of carbonyl (C=O) groups is 1. The molecule has 0 amide bonds. The van der Waals surface area contributed by atoms with Crippen molar-refractivity contribution in [3.63, 3.8) is 0 Å². The van der Waals surface area contributed by atoms with E-state index < -0.39 is 0 Å². The van der Waals surface area contributed by atoms with Gasteiger partial charge >= 0.3 is 5.97 Å². The van der Waals surface area contributed by atoms with Crippen molar-refractivity contribution >= 4 is 23.3 Å². The third kappa shape index (κ3) is 3.73. The molecule has 6 heteroatoms. The Balaban J connectivity index is 1.89. The minimum Gasteiger partial charge on any atom is -0.462 e. The molecule has 0 aliphatic heterocycles. The van der Waals surface area contributed by atoms with E-state index in [1.807, 2.05) is 55.6 Å². The molecule has 1 N–H and O–H groups in total. The normalized spacial score (nSPS) is 10.6. The number of para-hydroxylation sites is 1. The molecular formula is C20H20ClN3O2. The summed E-state index contributed by atoms with van der Waals surface area (Å²) in [5, 5.41) is 8.39. The number of ether oxygens (including phenoxy) is 1. The first-order valence-corrected chi connectivity index (χ1v) is 8.76. The SMILES string of the molecule is CCOC(=O)c1ccccc1NCc1c(-c2ccccc2)nn(C)c1Cl. The maximum atomic E-state index is 12.1. The van der Waals surface area contributed by atoms with Crippen LogP contribution in [-0.2, 0) is 18.3 Å². The van der Waals surface area contributed by atoms with Gasteiger partial charge in [0.25, 0.3) is 0 Å². The van der Waals surface area contributed by atoms with Crippen molar-refractivity contribution in [2.45, 2.75) is 13.5 Å². The lowest BCUT2D eigenvalue weighted by atomic mass is 10.1. The maximum Gasteiger partial charge on any atom is 0.340 e. The van der Waals surface area contributed by atoms with E-state index in [-0.39, 0.29) is 5.97 Å². The third-order valence-electron chi connectivity index (χ3n) is 3.99. The Hall–Kier alpha value is -2.79. The van der Waals surface area contributed by atoms with E-state index in [1.54, 1.807) is 17.7 Å². The summed E-state index contributed by atoms with van der Waals surface area (Å²) in [5.41, 5.74) is 3.88. The van der Waals surface area contributed by atoms with Crippen LogP contribution in [0.1, 0.15) is 22.8 Å². The van der Waals surface area contributed by atoms with Crippen LogP contribution >= 0.6 is 11.6 Å². The number of esters is 1. The largest absolute Gasteiger partial charge is 0.462 e. The standard InChI is InChI=1S/C20H20ClN3O2/c1-3-26-20(25)15-11-7-8-12-17(15)22-13-16-18(23-24(2)19(16)21)14-9-5-4-6-10-14/h4-12,22H,3,13H2,1-2H3. The van der Waals surface area contributed by atoms with Crippen LogP contribution in [0.25, 0.3) is 11.3 Å². The van der Waals surface area contributed by atoms with Gasteiger partial charge in [-0.2, -0.15) is 5.10 Å². The molecule has 0 bridgehead atoms. The van der Waals surface area contributed by atoms with Crippen LogP contribution in [0.3, 0.4) is 0 Å². The Labute approximate surface area is 157 Å². The molecule has 0 saturated carbocycles. The van der Waals surface area contributed by atoms with Gasteiger partial charge in [0.2, 0.25) is 0 Å². The average Bonchev–Trinajstić information content (AvgIpc) is 2.95. The van der Waals surface area contributed by atoms with Gasteiger partial charge in [-0.05, 0) is 19.1 Å². The summed E-state index contributed by atoms with van der Waals surface area (Å²) in [5.74, 6) is -0.351. The zero-order valence-corrected chi connectivity index (χ0v) is 15.5. The number of nitrogens with zero attached hydrogens (tertiary/aromatic N) is 2. The van der Waals surface area contributed by atoms with Crippen molar-refractivity contribution < 1.29 is 9.53 Å². The van der Waals surface area contributed by atoms with Gasteiger partial charge in [-0.25, -0.2) is 4.79 Å². The smallest absolute Gasteiger partial charge is 0.340 e. The fourth-order valence-corrected chi connectivity index (χ4v) is 2.93. The number of anilines is 1. The number of rotatable bonds is 6. The second kappa shape index (κ2) is 8.06. The van der Waals surface area contributed by atoms with Gasteiger partial charge in [0, 0.05) is 30.4 Å². The van der Waals surface area contributed by atoms with Crippen molar-refractivity contribution in [2.24, 2.45) is 7.05 Å². The van der Waals surface area contributed by atoms with Crippen LogP contribution in [0.5, 0.6) is 0 Å². The van der Waals surface area contributed by atoms with Crippen LogP contribution in [0.4, 0.5) is 5.69 Å². The lowest BCUT2D eigenvalue weighted by Crippen LogP contribution is -2.10. The highest BCUT2D eigenvalue weighted by atomic mass is 35.5. The quantitative estimate of drug-likeness (QED) is 0.648. The van der Waals surface area contributed by atoms with Gasteiger partial charge in [0.15, 0.2) is 0 Å². The van der Waals surface area contributed by atoms with Crippen LogP contribution < -0.4 is 5.32 Å². The first-order chi connectivity index (χ1) is 12.6. The summed E-state index contributed by atoms with van der Waals surface area (Å²) in [6.45, 7) is 2.56. The molecule has 0 atom stereocenters. The van der Waals surface area contributed by atoms with E-state index in [4.69, 9.17) is 16.3 Å². The Morgan fingerprint density at radius 1 is 1.15 bits per heavy atom. The van der Waals surface area contributed by atoms with Crippen LogP contribution in [-0.4, -0.2) is 22.4 Å². The fourth-order valence-electron chi connectivity index (χ4n) is 2.74. The topological polar surface area (TPSA) is 56.1 Å². The van der Waals surface area contributed by atoms with Gasteiger partial charge in [-0.3, -0.25) is 4.68 Å². The van der Waals surface area contributed by atoms with Crippen LogP contribution in [0.15, 0.2) is 54.6 Å². The molecule has 0 aliphatic rings. The van der Waals surface area contributed by atoms with Crippen molar-refractivity contribution in [1.29, 1.82) is 0 Å². The highest BCUT2D eigenvalue weighted by molar-refractivity contribution is 6.30. The number of aromatic nitrogens is 2. The Kier molecular flexibility index (Phi) is 5.58. The van der Waals surface area contributed by atoms with Gasteiger partial charge in [-0.15, -0.1) is 0 Å². The van der Waals surface area contributed by atoms with E-state index in [0.717, 1.165) is 16.8 Å². The molecule has 0 radical (unpaired) electrons. The predicted molar refractivity (Wildman–Crippen MR) is 103 cm³/mol. The molecule has 0 aliphatic carbocycles. The second-order valence-corrected chi connectivity index (χ2v) is 6.09. The molecule has 26 heavy (non-hydrogen) atoms. The summed E-state index contributed by atoms with van der Waals surface area (Å²) >= 11 is 6.45. The van der Waals surface area contributed by atoms with E-state index in [1.165, 1.54) is 0 Å². The minimum absolute atomic E-state index is 0.333. The summed E-state index contributed by atoms with van der Waals surface area (Å²) in [6, 6.07) is 17.1. The van der Waals surface area contributed by atoms with Gasteiger partial charge in [0.05, 0.1) is 17.9 Å². The van der Waals surface area contributed by atoms with Gasteiger partial charge < -0.3 is 10.1 Å². The minimum atomic E-state index is -0.351. The van der Waals surface area contributed by atoms with Crippen molar-refractivity contribution in [1.82, 2.24) is 9.78 Å². The fraction of sp³-hybridized carbons (Fsp3) is 0.200. The molecular weight excluding hydrogens is 350 g/mol. The van der Waals surface area contributed by atoms with Crippen molar-refractivity contribution in [3.8, 4) is 11.3 Å². The molecule has 3 aromatic rings. The molecule has 3 rings (SSSR count). The lowest BCUT2D eigenvalue weighted by Gasteiger charge is -2.12. The number of hydrogen-bond acceptors (Lipinski definition) is 4. The zero-order chi connectivity index (χ0) is 18.5. The van der Waals surface area contributed by atoms with Gasteiger partial charge in [0.1, 0.15) is 5.15 Å². The first kappa shape index (κ1) is 18.0. The van der Waals surface area contributed by atoms with Crippen molar-refractivity contribution in [2.75, 3.05) is 11.9 Å². The highest BCUT2D eigenvalue weighted by Crippen LogP contribution is 2.29. The van der Waals surface area contributed by atoms with E-state index >= 15 is 0 Å². The molecule has 0 unspecified atom stereocenters. The number of carbonyl (C=O) groups excluding carboxylic acids is 1. The molecule has 1 heterocycles. The van der Waals surface area contributed by atoms with Crippen LogP contribution in [0.2, 0.25) is 5.15 Å². The van der Waals surface area contributed by atoms with Crippen molar-refractivity contribution in [3.05, 3.63) is 70.9 Å².